The van der Waals surface area contributed by atoms with E-state index in [0.717, 1.165) is 25.7 Å². The standard InChI is InChI=1S/C15H26O6/c16-10-4-2-1-3-5-14-13(19)7-6-11(17)12(18)8-9-15(20)21-14/h6-7,11-14,16-19H,1-5,8-10H2/b7-6+. The van der Waals surface area contributed by atoms with Crippen molar-refractivity contribution >= 4 is 5.97 Å². The topological polar surface area (TPSA) is 107 Å². The van der Waals surface area contributed by atoms with Crippen molar-refractivity contribution in [3.8, 4) is 0 Å². The maximum Gasteiger partial charge on any atom is 0.306 e. The van der Waals surface area contributed by atoms with E-state index in [4.69, 9.17) is 9.84 Å². The highest BCUT2D eigenvalue weighted by Crippen LogP contribution is 2.17. The summed E-state index contributed by atoms with van der Waals surface area (Å²) >= 11 is 0. The smallest absolute Gasteiger partial charge is 0.306 e. The van der Waals surface area contributed by atoms with E-state index in [-0.39, 0.29) is 19.4 Å². The normalized spacial score (nSPS) is 32.5. The summed E-state index contributed by atoms with van der Waals surface area (Å²) in [5.74, 6) is -0.476. The summed E-state index contributed by atoms with van der Waals surface area (Å²) in [5, 5.41) is 37.9. The first kappa shape index (κ1) is 18.1. The van der Waals surface area contributed by atoms with Crippen LogP contribution in [0.25, 0.3) is 0 Å². The molecule has 0 aliphatic carbocycles. The molecule has 0 fully saturated rings. The van der Waals surface area contributed by atoms with E-state index in [0.29, 0.717) is 6.42 Å². The lowest BCUT2D eigenvalue weighted by Gasteiger charge is -2.24. The minimum absolute atomic E-state index is 0.0137. The van der Waals surface area contributed by atoms with Crippen LogP contribution in [-0.2, 0) is 9.53 Å². The SMILES string of the molecule is O=C1CCC(O)C(O)/C=C/C(O)C(CCCCCCO)O1. The molecule has 0 amide bonds. The Labute approximate surface area is 125 Å². The second-order valence-corrected chi connectivity index (χ2v) is 5.43. The van der Waals surface area contributed by atoms with E-state index < -0.39 is 30.4 Å². The number of hydrogen-bond acceptors (Lipinski definition) is 6. The molecule has 0 aromatic carbocycles. The molecule has 6 nitrogen and oxygen atoms in total. The van der Waals surface area contributed by atoms with Crippen molar-refractivity contribution < 1.29 is 30.0 Å². The number of carbonyl (C=O) groups excluding carboxylic acids is 1. The third-order valence-corrected chi connectivity index (χ3v) is 3.60. The van der Waals surface area contributed by atoms with Crippen LogP contribution in [0.2, 0.25) is 0 Å². The maximum absolute atomic E-state index is 11.7. The molecule has 0 aromatic heterocycles. The van der Waals surface area contributed by atoms with Gasteiger partial charge >= 0.3 is 5.97 Å². The summed E-state index contributed by atoms with van der Waals surface area (Å²) < 4.78 is 5.25. The molecule has 1 aliphatic heterocycles. The molecule has 1 heterocycles. The Morgan fingerprint density at radius 1 is 1.05 bits per heavy atom. The number of ether oxygens (including phenoxy) is 1. The summed E-state index contributed by atoms with van der Waals surface area (Å²) in [5.41, 5.74) is 0. The van der Waals surface area contributed by atoms with Crippen molar-refractivity contribution in [1.82, 2.24) is 0 Å². The Bertz CT molecular complexity index is 330. The molecule has 122 valence electrons. The summed E-state index contributed by atoms with van der Waals surface area (Å²) in [6.45, 7) is 0.171. The molecular weight excluding hydrogens is 276 g/mol. The number of rotatable bonds is 6. The number of aliphatic hydroxyl groups excluding tert-OH is 4. The van der Waals surface area contributed by atoms with Crippen molar-refractivity contribution in [2.45, 2.75) is 69.4 Å². The predicted molar refractivity (Wildman–Crippen MR) is 76.4 cm³/mol. The number of cyclic esters (lactones) is 1. The van der Waals surface area contributed by atoms with Gasteiger partial charge in [-0.2, -0.15) is 0 Å². The van der Waals surface area contributed by atoms with Crippen molar-refractivity contribution in [2.75, 3.05) is 6.61 Å². The molecule has 0 spiro atoms. The highest BCUT2D eigenvalue weighted by atomic mass is 16.6. The van der Waals surface area contributed by atoms with Gasteiger partial charge in [0.15, 0.2) is 0 Å². The third-order valence-electron chi connectivity index (χ3n) is 3.60. The zero-order valence-electron chi connectivity index (χ0n) is 12.2. The van der Waals surface area contributed by atoms with Crippen LogP contribution in [0.3, 0.4) is 0 Å². The largest absolute Gasteiger partial charge is 0.459 e. The Kier molecular flexibility index (Phi) is 8.52. The van der Waals surface area contributed by atoms with Crippen molar-refractivity contribution in [2.24, 2.45) is 0 Å². The van der Waals surface area contributed by atoms with E-state index in [1.165, 1.54) is 12.2 Å². The first-order valence-corrected chi connectivity index (χ1v) is 7.57. The highest BCUT2D eigenvalue weighted by molar-refractivity contribution is 5.69. The fourth-order valence-corrected chi connectivity index (χ4v) is 2.25. The van der Waals surface area contributed by atoms with Gasteiger partial charge in [0.25, 0.3) is 0 Å². The molecular formula is C15H26O6. The average molecular weight is 302 g/mol. The molecule has 0 aromatic rings. The lowest BCUT2D eigenvalue weighted by Crippen LogP contribution is -2.33. The first-order valence-electron chi connectivity index (χ1n) is 7.57. The quantitative estimate of drug-likeness (QED) is 0.319. The van der Waals surface area contributed by atoms with Crippen LogP contribution in [-0.4, -0.2) is 57.4 Å². The summed E-state index contributed by atoms with van der Waals surface area (Å²) in [6.07, 6.45) is 2.96. The van der Waals surface area contributed by atoms with Crippen LogP contribution in [0.15, 0.2) is 12.2 Å². The van der Waals surface area contributed by atoms with Gasteiger partial charge in [-0.25, -0.2) is 0 Å². The van der Waals surface area contributed by atoms with Gasteiger partial charge in [-0.3, -0.25) is 4.79 Å². The molecule has 0 radical (unpaired) electrons. The maximum atomic E-state index is 11.7. The Balaban J connectivity index is 2.54. The van der Waals surface area contributed by atoms with Gasteiger partial charge in [-0.15, -0.1) is 0 Å². The minimum Gasteiger partial charge on any atom is -0.459 e. The molecule has 1 rings (SSSR count). The minimum atomic E-state index is -1.09. The third kappa shape index (κ3) is 7.04. The van der Waals surface area contributed by atoms with E-state index in [1.54, 1.807) is 0 Å². The van der Waals surface area contributed by atoms with Crippen molar-refractivity contribution in [3.05, 3.63) is 12.2 Å². The fraction of sp³-hybridized carbons (Fsp3) is 0.800. The summed E-state index contributed by atoms with van der Waals surface area (Å²) in [4.78, 5) is 11.7. The molecule has 0 saturated carbocycles. The van der Waals surface area contributed by atoms with Crippen LogP contribution >= 0.6 is 0 Å². The lowest BCUT2D eigenvalue weighted by atomic mass is 10.0. The molecule has 4 unspecified atom stereocenters. The Morgan fingerprint density at radius 2 is 1.71 bits per heavy atom. The van der Waals surface area contributed by atoms with E-state index in [9.17, 15) is 20.1 Å². The zero-order valence-corrected chi connectivity index (χ0v) is 12.2. The number of hydrogen-bond donors (Lipinski definition) is 4. The molecule has 4 N–H and O–H groups in total. The number of unbranched alkanes of at least 4 members (excludes halogenated alkanes) is 3. The molecule has 21 heavy (non-hydrogen) atoms. The molecule has 0 saturated heterocycles. The van der Waals surface area contributed by atoms with Crippen molar-refractivity contribution in [3.63, 3.8) is 0 Å². The van der Waals surface area contributed by atoms with Crippen LogP contribution in [0.1, 0.15) is 44.9 Å². The van der Waals surface area contributed by atoms with E-state index in [2.05, 4.69) is 0 Å². The van der Waals surface area contributed by atoms with Gasteiger partial charge in [0.05, 0.1) is 12.2 Å². The highest BCUT2D eigenvalue weighted by Gasteiger charge is 2.25. The first-order chi connectivity index (χ1) is 10.0. The fourth-order valence-electron chi connectivity index (χ4n) is 2.25. The molecule has 1 aliphatic rings. The van der Waals surface area contributed by atoms with Gasteiger partial charge in [0.2, 0.25) is 0 Å². The molecule has 0 bridgehead atoms. The number of aliphatic hydroxyl groups is 4. The number of carbonyl (C=O) groups is 1. The van der Waals surface area contributed by atoms with E-state index in [1.807, 2.05) is 0 Å². The van der Waals surface area contributed by atoms with Crippen LogP contribution in [0.5, 0.6) is 0 Å². The number of esters is 1. The zero-order chi connectivity index (χ0) is 15.7. The second kappa shape index (κ2) is 9.89. The average Bonchev–Trinajstić information content (AvgIpc) is 2.47. The van der Waals surface area contributed by atoms with Crippen molar-refractivity contribution in [1.29, 1.82) is 0 Å². The summed E-state index contributed by atoms with van der Waals surface area (Å²) in [6, 6.07) is 0. The van der Waals surface area contributed by atoms with E-state index >= 15 is 0 Å². The molecule has 4 atom stereocenters. The van der Waals surface area contributed by atoms with Gasteiger partial charge in [-0.1, -0.05) is 25.0 Å². The second-order valence-electron chi connectivity index (χ2n) is 5.43. The molecule has 6 heteroatoms. The monoisotopic (exact) mass is 302 g/mol. The lowest BCUT2D eigenvalue weighted by molar-refractivity contribution is -0.155. The summed E-state index contributed by atoms with van der Waals surface area (Å²) in [7, 11) is 0. The Morgan fingerprint density at radius 3 is 2.43 bits per heavy atom. The van der Waals surface area contributed by atoms with Gasteiger partial charge in [0.1, 0.15) is 12.2 Å². The van der Waals surface area contributed by atoms with Gasteiger partial charge in [0, 0.05) is 13.0 Å². The predicted octanol–water partition coefficient (Wildman–Crippen LogP) is 0.274. The van der Waals surface area contributed by atoms with Gasteiger partial charge in [-0.05, 0) is 25.7 Å². The van der Waals surface area contributed by atoms with Crippen LogP contribution in [0.4, 0.5) is 0 Å². The van der Waals surface area contributed by atoms with Crippen LogP contribution in [0, 0.1) is 0 Å². The van der Waals surface area contributed by atoms with Crippen LogP contribution < -0.4 is 0 Å². The van der Waals surface area contributed by atoms with Gasteiger partial charge < -0.3 is 25.2 Å². The Hall–Kier alpha value is -0.950.